The number of para-hydroxylation sites is 1. The number of aryl methyl sites for hydroxylation is 1. The molecule has 1 heterocycles. The molecular formula is C18H15N5O2S. The molecule has 130 valence electrons. The number of nitrogens with one attached hydrogen (secondary N) is 1. The van der Waals surface area contributed by atoms with Crippen molar-refractivity contribution in [1.29, 1.82) is 0 Å². The molecule has 0 unspecified atom stereocenters. The second kappa shape index (κ2) is 7.66. The molecule has 1 N–H and O–H groups in total. The fourth-order valence-electron chi connectivity index (χ4n) is 2.33. The van der Waals surface area contributed by atoms with Crippen molar-refractivity contribution in [1.82, 2.24) is 14.9 Å². The van der Waals surface area contributed by atoms with Crippen LogP contribution in [-0.2, 0) is 0 Å². The number of nitrogens with zero attached hydrogens (tertiary/aromatic N) is 4. The molecule has 0 fully saturated rings. The molecule has 2 aromatic carbocycles. The van der Waals surface area contributed by atoms with Crippen molar-refractivity contribution in [2.75, 3.05) is 0 Å². The van der Waals surface area contributed by atoms with Crippen molar-refractivity contribution in [3.05, 3.63) is 80.6 Å². The van der Waals surface area contributed by atoms with E-state index in [1.807, 2.05) is 31.2 Å². The highest BCUT2D eigenvalue weighted by molar-refractivity contribution is 7.71. The van der Waals surface area contributed by atoms with E-state index in [9.17, 15) is 10.1 Å². The van der Waals surface area contributed by atoms with Crippen LogP contribution in [-0.4, -0.2) is 26.0 Å². The number of allylic oxidation sites excluding steroid dienone is 1. The number of aromatic nitrogens is 3. The van der Waals surface area contributed by atoms with E-state index >= 15 is 0 Å². The Morgan fingerprint density at radius 3 is 2.69 bits per heavy atom. The highest BCUT2D eigenvalue weighted by Gasteiger charge is 2.09. The average molecular weight is 365 g/mol. The number of aromatic amines is 1. The van der Waals surface area contributed by atoms with Crippen LogP contribution in [0.1, 0.15) is 11.1 Å². The number of rotatable bonds is 5. The van der Waals surface area contributed by atoms with Gasteiger partial charge in [-0.3, -0.25) is 10.1 Å². The van der Waals surface area contributed by atoms with Gasteiger partial charge in [0.25, 0.3) is 5.69 Å². The molecule has 0 saturated carbocycles. The Hall–Kier alpha value is -3.39. The van der Waals surface area contributed by atoms with E-state index in [0.717, 1.165) is 11.1 Å². The predicted molar refractivity (Wildman–Crippen MR) is 104 cm³/mol. The normalized spacial score (nSPS) is 11.4. The van der Waals surface area contributed by atoms with Crippen LogP contribution in [0.2, 0.25) is 0 Å². The lowest BCUT2D eigenvalue weighted by molar-refractivity contribution is -0.385. The van der Waals surface area contributed by atoms with Crippen molar-refractivity contribution in [2.45, 2.75) is 6.92 Å². The summed E-state index contributed by atoms with van der Waals surface area (Å²) >= 11 is 5.21. The summed E-state index contributed by atoms with van der Waals surface area (Å²) in [6.07, 6.45) is 4.76. The van der Waals surface area contributed by atoms with Crippen LogP contribution in [0.3, 0.4) is 0 Å². The van der Waals surface area contributed by atoms with Crippen LogP contribution < -0.4 is 0 Å². The molecule has 3 rings (SSSR count). The first-order valence-electron chi connectivity index (χ1n) is 7.75. The molecule has 8 heteroatoms. The van der Waals surface area contributed by atoms with Crippen LogP contribution in [0.4, 0.5) is 5.69 Å². The first-order valence-corrected chi connectivity index (χ1v) is 8.16. The van der Waals surface area contributed by atoms with E-state index in [1.165, 1.54) is 17.0 Å². The SMILES string of the molecule is Cc1ccc(-c2n[nH]c(=S)n2N=C/C=C/c2ccccc2[N+](=O)[O-])cc1. The van der Waals surface area contributed by atoms with Crippen LogP contribution in [0.5, 0.6) is 0 Å². The Morgan fingerprint density at radius 1 is 1.23 bits per heavy atom. The van der Waals surface area contributed by atoms with Gasteiger partial charge in [-0.1, -0.05) is 42.0 Å². The van der Waals surface area contributed by atoms with Crippen molar-refractivity contribution >= 4 is 30.2 Å². The molecule has 0 aliphatic carbocycles. The van der Waals surface area contributed by atoms with Crippen molar-refractivity contribution in [3.8, 4) is 11.4 Å². The van der Waals surface area contributed by atoms with E-state index in [-0.39, 0.29) is 5.69 Å². The molecule has 0 radical (unpaired) electrons. The molecule has 1 aromatic heterocycles. The highest BCUT2D eigenvalue weighted by atomic mass is 32.1. The molecule has 0 aliphatic rings. The minimum Gasteiger partial charge on any atom is -0.258 e. The largest absolute Gasteiger partial charge is 0.276 e. The minimum absolute atomic E-state index is 0.0393. The molecular weight excluding hydrogens is 350 g/mol. The Balaban J connectivity index is 1.86. The third-order valence-electron chi connectivity index (χ3n) is 3.64. The second-order valence-corrected chi connectivity index (χ2v) is 5.86. The van der Waals surface area contributed by atoms with Gasteiger partial charge in [0.1, 0.15) is 0 Å². The number of hydrogen-bond acceptors (Lipinski definition) is 5. The average Bonchev–Trinajstić information content (AvgIpc) is 3.00. The lowest BCUT2D eigenvalue weighted by atomic mass is 10.1. The standard InChI is InChI=1S/C18H15N5O2S/c1-13-8-10-15(11-9-13)17-20-21-18(26)22(17)19-12-4-6-14-5-2-3-7-16(14)23(24)25/h2-12H,1H3,(H,21,26)/b6-4+,19-12?. The van der Waals surface area contributed by atoms with E-state index in [4.69, 9.17) is 12.2 Å². The van der Waals surface area contributed by atoms with E-state index in [1.54, 1.807) is 30.4 Å². The fraction of sp³-hybridized carbons (Fsp3) is 0.0556. The summed E-state index contributed by atoms with van der Waals surface area (Å²) in [6, 6.07) is 14.3. The predicted octanol–water partition coefficient (Wildman–Crippen LogP) is 4.37. The molecule has 0 saturated heterocycles. The summed E-state index contributed by atoms with van der Waals surface area (Å²) in [5, 5.41) is 22.2. The summed E-state index contributed by atoms with van der Waals surface area (Å²) < 4.78 is 1.86. The van der Waals surface area contributed by atoms with Gasteiger partial charge in [0.15, 0.2) is 5.82 Å². The van der Waals surface area contributed by atoms with Crippen molar-refractivity contribution in [3.63, 3.8) is 0 Å². The zero-order valence-electron chi connectivity index (χ0n) is 13.9. The summed E-state index contributed by atoms with van der Waals surface area (Å²) in [4.78, 5) is 10.6. The third kappa shape index (κ3) is 3.81. The van der Waals surface area contributed by atoms with Gasteiger partial charge in [0.2, 0.25) is 4.77 Å². The third-order valence-corrected chi connectivity index (χ3v) is 3.90. The summed E-state index contributed by atoms with van der Waals surface area (Å²) in [7, 11) is 0. The maximum Gasteiger partial charge on any atom is 0.276 e. The summed E-state index contributed by atoms with van der Waals surface area (Å²) in [5.74, 6) is 0.588. The Labute approximate surface area is 154 Å². The van der Waals surface area contributed by atoms with Gasteiger partial charge in [-0.25, -0.2) is 5.10 Å². The van der Waals surface area contributed by atoms with Crippen LogP contribution in [0.15, 0.2) is 59.7 Å². The molecule has 0 atom stereocenters. The van der Waals surface area contributed by atoms with Crippen LogP contribution in [0.25, 0.3) is 17.5 Å². The van der Waals surface area contributed by atoms with Crippen molar-refractivity contribution in [2.24, 2.45) is 5.10 Å². The maximum absolute atomic E-state index is 11.0. The zero-order valence-corrected chi connectivity index (χ0v) is 14.7. The van der Waals surface area contributed by atoms with Gasteiger partial charge in [-0.2, -0.15) is 14.9 Å². The maximum atomic E-state index is 11.0. The highest BCUT2D eigenvalue weighted by Crippen LogP contribution is 2.19. The Bertz CT molecular complexity index is 1050. The van der Waals surface area contributed by atoms with E-state index in [0.29, 0.717) is 16.2 Å². The van der Waals surface area contributed by atoms with E-state index < -0.39 is 4.92 Å². The summed E-state index contributed by atoms with van der Waals surface area (Å²) in [5.41, 5.74) is 2.56. The second-order valence-electron chi connectivity index (χ2n) is 5.47. The zero-order chi connectivity index (χ0) is 18.5. The van der Waals surface area contributed by atoms with Gasteiger partial charge < -0.3 is 0 Å². The number of nitro benzene ring substituents is 1. The number of hydrogen-bond donors (Lipinski definition) is 1. The molecule has 26 heavy (non-hydrogen) atoms. The molecule has 0 spiro atoms. The number of nitro groups is 1. The van der Waals surface area contributed by atoms with Gasteiger partial charge in [-0.05, 0) is 37.4 Å². The fourth-order valence-corrected chi connectivity index (χ4v) is 2.51. The lowest BCUT2D eigenvalue weighted by Crippen LogP contribution is -1.94. The Kier molecular flexibility index (Phi) is 5.14. The molecule has 0 bridgehead atoms. The first kappa shape index (κ1) is 17.4. The first-order chi connectivity index (χ1) is 12.6. The minimum atomic E-state index is -0.418. The van der Waals surface area contributed by atoms with Gasteiger partial charge >= 0.3 is 0 Å². The molecule has 7 nitrogen and oxygen atoms in total. The Morgan fingerprint density at radius 2 is 1.96 bits per heavy atom. The monoisotopic (exact) mass is 365 g/mol. The van der Waals surface area contributed by atoms with Crippen LogP contribution >= 0.6 is 12.2 Å². The molecule has 3 aromatic rings. The number of benzene rings is 2. The van der Waals surface area contributed by atoms with Gasteiger partial charge in [-0.15, -0.1) is 0 Å². The van der Waals surface area contributed by atoms with Crippen LogP contribution in [0, 0.1) is 21.8 Å². The van der Waals surface area contributed by atoms with Gasteiger partial charge in [0, 0.05) is 17.8 Å². The van der Waals surface area contributed by atoms with Gasteiger partial charge in [0.05, 0.1) is 10.5 Å². The topological polar surface area (TPSA) is 89.1 Å². The van der Waals surface area contributed by atoms with E-state index in [2.05, 4.69) is 15.3 Å². The lowest BCUT2D eigenvalue weighted by Gasteiger charge is -2.01. The smallest absolute Gasteiger partial charge is 0.258 e. The van der Waals surface area contributed by atoms with Crippen molar-refractivity contribution < 1.29 is 4.92 Å². The number of H-pyrrole nitrogens is 1. The summed E-state index contributed by atoms with van der Waals surface area (Å²) in [6.45, 7) is 2.01. The molecule has 0 amide bonds. The quantitative estimate of drug-likeness (QED) is 0.315. The molecule has 0 aliphatic heterocycles.